The average molecular weight is 1020 g/mol. The molecule has 2 saturated carbocycles. The summed E-state index contributed by atoms with van der Waals surface area (Å²) >= 11 is 0. The Morgan fingerprint density at radius 3 is 1.38 bits per heavy atom. The van der Waals surface area contributed by atoms with Gasteiger partial charge in [0.1, 0.15) is 0 Å². The molecule has 79 heavy (non-hydrogen) atoms. The van der Waals surface area contributed by atoms with Crippen molar-refractivity contribution in [2.75, 3.05) is 9.80 Å². The fraction of sp³-hybridized carbons (Fsp3) is 0.247. The van der Waals surface area contributed by atoms with Crippen LogP contribution in [-0.2, 0) is 16.2 Å². The van der Waals surface area contributed by atoms with Gasteiger partial charge < -0.3 is 9.80 Å². The second-order valence-electron chi connectivity index (χ2n) is 25.8. The Balaban J connectivity index is 0.914. The first-order chi connectivity index (χ1) is 38.5. The van der Waals surface area contributed by atoms with Crippen LogP contribution >= 0.6 is 0 Å². The summed E-state index contributed by atoms with van der Waals surface area (Å²) in [5.74, 6) is 0. The molecule has 2 heterocycles. The highest BCUT2D eigenvalue weighted by molar-refractivity contribution is 6.27. The molecule has 6 aliphatic rings. The smallest absolute Gasteiger partial charge is 0.0726 e. The molecular formula is C77H66N2. The zero-order valence-electron chi connectivity index (χ0n) is 46.5. The van der Waals surface area contributed by atoms with E-state index < -0.39 is 5.41 Å². The third kappa shape index (κ3) is 5.58. The van der Waals surface area contributed by atoms with Crippen LogP contribution in [0.4, 0.5) is 22.7 Å². The number of hydrogen-bond donors (Lipinski definition) is 0. The van der Waals surface area contributed by atoms with E-state index in [1.54, 1.807) is 0 Å². The van der Waals surface area contributed by atoms with Gasteiger partial charge in [0.05, 0.1) is 16.5 Å². The molecule has 0 N–H and O–H groups in total. The van der Waals surface area contributed by atoms with Crippen LogP contribution in [0.25, 0.3) is 76.8 Å². The summed E-state index contributed by atoms with van der Waals surface area (Å²) in [6.07, 6.45) is 9.78. The van der Waals surface area contributed by atoms with Gasteiger partial charge in [-0.1, -0.05) is 167 Å². The molecule has 4 aliphatic carbocycles. The maximum absolute atomic E-state index is 2.74. The standard InChI is InChI=1S/C77H66N2/c1-47-40-54(45-66-71(47)78(56-22-9-7-10-23-56)75(5)38-17-15-36-73(66,75)3)51-31-33-58-59-34-32-52(55-41-48(2)72-67(46-55)74(4)37-16-18-39-76(74,6)79(72)57-24-11-8-12-25-57)43-64(59)77(63(58)42-51)62-27-14-13-26-60(62)70-61-35-30-50-21-19-20-49-28-29-53(44-65(70)77)69(61)68(49)50/h7-14,19-35,40-46H,15-18,36-39H2,1-6H3. The maximum atomic E-state index is 2.74. The topological polar surface area (TPSA) is 6.48 Å². The van der Waals surface area contributed by atoms with E-state index in [1.807, 2.05) is 0 Å². The Morgan fingerprint density at radius 1 is 0.342 bits per heavy atom. The Bertz CT molecular complexity index is 4230. The predicted octanol–water partition coefficient (Wildman–Crippen LogP) is 20.4. The first-order valence-electron chi connectivity index (χ1n) is 29.6. The van der Waals surface area contributed by atoms with E-state index in [9.17, 15) is 0 Å². The minimum Gasteiger partial charge on any atom is -0.334 e. The summed E-state index contributed by atoms with van der Waals surface area (Å²) in [6.45, 7) is 15.1. The fourth-order valence-electron chi connectivity index (χ4n) is 18.2. The first kappa shape index (κ1) is 46.0. The maximum Gasteiger partial charge on any atom is 0.0726 e. The molecule has 4 unspecified atom stereocenters. The van der Waals surface area contributed by atoms with Gasteiger partial charge in [0.2, 0.25) is 0 Å². The van der Waals surface area contributed by atoms with Crippen molar-refractivity contribution < 1.29 is 0 Å². The largest absolute Gasteiger partial charge is 0.334 e. The van der Waals surface area contributed by atoms with Crippen LogP contribution in [0.5, 0.6) is 0 Å². The Kier molecular flexibility index (Phi) is 9.12. The molecule has 11 aromatic rings. The SMILES string of the molecule is Cc1cc(-c2ccc3c(c2)C2(c4cc(-c5cc(C)c6c(c5)C5(C)CCCCC5(C)N6c5ccccc5)ccc4-3)c3ccccc3-c3c2cc2ccc4cccc5ccc3c2c45)cc2c1N(c1ccccc1)C1(C)CCCCC21C. The summed E-state index contributed by atoms with van der Waals surface area (Å²) in [5.41, 5.74) is 26.8. The molecule has 2 heteroatoms. The molecule has 4 atom stereocenters. The van der Waals surface area contributed by atoms with E-state index in [4.69, 9.17) is 0 Å². The molecule has 2 nitrogen and oxygen atoms in total. The van der Waals surface area contributed by atoms with Crippen LogP contribution in [-0.4, -0.2) is 11.1 Å². The van der Waals surface area contributed by atoms with Crippen molar-refractivity contribution in [2.24, 2.45) is 0 Å². The van der Waals surface area contributed by atoms with Crippen molar-refractivity contribution in [3.8, 4) is 44.5 Å². The second-order valence-corrected chi connectivity index (χ2v) is 25.8. The lowest BCUT2D eigenvalue weighted by atomic mass is 9.61. The van der Waals surface area contributed by atoms with Gasteiger partial charge in [0.25, 0.3) is 0 Å². The Labute approximate surface area is 465 Å². The normalized spacial score (nSPS) is 24.9. The van der Waals surface area contributed by atoms with Gasteiger partial charge in [-0.05, 0) is 241 Å². The van der Waals surface area contributed by atoms with Crippen LogP contribution in [0.15, 0.2) is 194 Å². The molecule has 0 saturated heterocycles. The van der Waals surface area contributed by atoms with Gasteiger partial charge >= 0.3 is 0 Å². The molecule has 0 radical (unpaired) electrons. The van der Waals surface area contributed by atoms with Gasteiger partial charge in [0.15, 0.2) is 0 Å². The third-order valence-electron chi connectivity index (χ3n) is 22.3. The minimum absolute atomic E-state index is 0.00782. The predicted molar refractivity (Wildman–Crippen MR) is 332 cm³/mol. The number of nitrogens with zero attached hydrogens (tertiary/aromatic N) is 2. The lowest BCUT2D eigenvalue weighted by Gasteiger charge is -2.50. The minimum atomic E-state index is -0.569. The van der Waals surface area contributed by atoms with Crippen molar-refractivity contribution in [3.63, 3.8) is 0 Å². The van der Waals surface area contributed by atoms with Crippen LogP contribution in [0.2, 0.25) is 0 Å². The highest BCUT2D eigenvalue weighted by atomic mass is 15.3. The quantitative estimate of drug-likeness (QED) is 0.162. The Hall–Kier alpha value is -7.94. The molecule has 384 valence electrons. The zero-order valence-corrected chi connectivity index (χ0v) is 46.5. The van der Waals surface area contributed by atoms with E-state index in [-0.39, 0.29) is 21.9 Å². The molecule has 11 aromatic carbocycles. The van der Waals surface area contributed by atoms with Gasteiger partial charge in [-0.15, -0.1) is 0 Å². The summed E-state index contributed by atoms with van der Waals surface area (Å²) in [4.78, 5) is 5.48. The fourth-order valence-corrected chi connectivity index (χ4v) is 18.2. The molecule has 0 amide bonds. The molecule has 0 aromatic heterocycles. The summed E-state index contributed by atoms with van der Waals surface area (Å²) in [7, 11) is 0. The van der Waals surface area contributed by atoms with Crippen molar-refractivity contribution in [1.29, 1.82) is 0 Å². The number of aryl methyl sites for hydroxylation is 2. The van der Waals surface area contributed by atoms with E-state index in [0.29, 0.717) is 0 Å². The summed E-state index contributed by atoms with van der Waals surface area (Å²) in [5, 5.41) is 8.03. The average Bonchev–Trinajstić information content (AvgIpc) is 3.97. The molecule has 2 fully saturated rings. The lowest BCUT2D eigenvalue weighted by Crippen LogP contribution is -2.54. The van der Waals surface area contributed by atoms with Crippen molar-refractivity contribution in [1.82, 2.24) is 0 Å². The summed E-state index contributed by atoms with van der Waals surface area (Å²) in [6, 6.07) is 76.4. The van der Waals surface area contributed by atoms with Crippen LogP contribution in [0, 0.1) is 13.8 Å². The van der Waals surface area contributed by atoms with Crippen LogP contribution < -0.4 is 9.80 Å². The second kappa shape index (κ2) is 15.7. The van der Waals surface area contributed by atoms with Crippen molar-refractivity contribution in [3.05, 3.63) is 239 Å². The third-order valence-corrected chi connectivity index (χ3v) is 22.3. The van der Waals surface area contributed by atoms with E-state index in [0.717, 1.165) is 0 Å². The van der Waals surface area contributed by atoms with Crippen LogP contribution in [0.1, 0.15) is 124 Å². The Morgan fingerprint density at radius 2 is 0.823 bits per heavy atom. The molecule has 0 bridgehead atoms. The highest BCUT2D eigenvalue weighted by Gasteiger charge is 2.60. The van der Waals surface area contributed by atoms with E-state index in [2.05, 4.69) is 245 Å². The molecule has 1 spiro atoms. The number of hydrogen-bond acceptors (Lipinski definition) is 2. The number of benzene rings is 11. The van der Waals surface area contributed by atoms with Crippen molar-refractivity contribution in [2.45, 2.75) is 120 Å². The van der Waals surface area contributed by atoms with Gasteiger partial charge in [-0.25, -0.2) is 0 Å². The molecule has 17 rings (SSSR count). The van der Waals surface area contributed by atoms with Gasteiger partial charge in [-0.3, -0.25) is 0 Å². The van der Waals surface area contributed by atoms with Crippen LogP contribution in [0.3, 0.4) is 0 Å². The number of fused-ring (bicyclic) bond motifs is 17. The number of rotatable bonds is 4. The van der Waals surface area contributed by atoms with E-state index >= 15 is 0 Å². The molecular weight excluding hydrogens is 953 g/mol. The van der Waals surface area contributed by atoms with Gasteiger partial charge in [0, 0.05) is 33.6 Å². The lowest BCUT2D eigenvalue weighted by molar-refractivity contribution is 0.195. The van der Waals surface area contributed by atoms with E-state index in [1.165, 1.54) is 195 Å². The molecule has 2 aliphatic heterocycles. The first-order valence-corrected chi connectivity index (χ1v) is 29.6. The number of para-hydroxylation sites is 2. The van der Waals surface area contributed by atoms with Gasteiger partial charge in [-0.2, -0.15) is 0 Å². The number of anilines is 4. The summed E-state index contributed by atoms with van der Waals surface area (Å²) < 4.78 is 0. The van der Waals surface area contributed by atoms with Crippen molar-refractivity contribution >= 4 is 55.1 Å². The zero-order chi connectivity index (χ0) is 53.0. The monoisotopic (exact) mass is 1020 g/mol. The highest BCUT2D eigenvalue weighted by Crippen LogP contribution is 2.68.